The quantitative estimate of drug-likeness (QED) is 0.913. The molecule has 0 bridgehead atoms. The number of benzene rings is 2. The maximum atomic E-state index is 12.0. The van der Waals surface area contributed by atoms with Crippen LogP contribution in [0.3, 0.4) is 0 Å². The van der Waals surface area contributed by atoms with Crippen LogP contribution in [0.4, 0.5) is 0 Å². The number of carbonyl (C=O) groups excluding carboxylic acids is 1. The van der Waals surface area contributed by atoms with E-state index < -0.39 is 0 Å². The number of nitriles is 1. The summed E-state index contributed by atoms with van der Waals surface area (Å²) in [5.41, 5.74) is 2.06. The third-order valence-corrected chi connectivity index (χ3v) is 3.60. The number of hydrogen-bond donors (Lipinski definition) is 1. The van der Waals surface area contributed by atoms with Crippen LogP contribution >= 0.6 is 27.5 Å². The van der Waals surface area contributed by atoms with E-state index in [0.717, 1.165) is 5.56 Å². The van der Waals surface area contributed by atoms with Crippen molar-refractivity contribution in [3.8, 4) is 6.07 Å². The highest BCUT2D eigenvalue weighted by atomic mass is 79.9. The summed E-state index contributed by atoms with van der Waals surface area (Å²) >= 11 is 9.15. The van der Waals surface area contributed by atoms with Crippen molar-refractivity contribution in [2.45, 2.75) is 6.54 Å². The van der Waals surface area contributed by atoms with Crippen LogP contribution in [-0.4, -0.2) is 5.91 Å². The van der Waals surface area contributed by atoms with Gasteiger partial charge in [-0.3, -0.25) is 4.79 Å². The molecule has 0 spiro atoms. The summed E-state index contributed by atoms with van der Waals surface area (Å²) in [4.78, 5) is 12.0. The van der Waals surface area contributed by atoms with E-state index in [0.29, 0.717) is 27.2 Å². The molecule has 0 aliphatic rings. The number of nitrogens with one attached hydrogen (secondary N) is 1. The zero-order valence-corrected chi connectivity index (χ0v) is 12.7. The van der Waals surface area contributed by atoms with Gasteiger partial charge in [0.1, 0.15) is 0 Å². The summed E-state index contributed by atoms with van der Waals surface area (Å²) in [6.07, 6.45) is 0. The van der Waals surface area contributed by atoms with E-state index >= 15 is 0 Å². The van der Waals surface area contributed by atoms with E-state index in [1.807, 2.05) is 12.1 Å². The molecule has 1 amide bonds. The van der Waals surface area contributed by atoms with Crippen LogP contribution in [0.15, 0.2) is 46.9 Å². The van der Waals surface area contributed by atoms with E-state index in [9.17, 15) is 4.79 Å². The fourth-order valence-electron chi connectivity index (χ4n) is 1.65. The Kier molecular flexibility index (Phi) is 4.78. The van der Waals surface area contributed by atoms with Gasteiger partial charge in [-0.15, -0.1) is 0 Å². The van der Waals surface area contributed by atoms with Crippen molar-refractivity contribution in [2.24, 2.45) is 0 Å². The summed E-state index contributed by atoms with van der Waals surface area (Å²) in [5, 5.41) is 12.1. The Labute approximate surface area is 130 Å². The molecule has 2 rings (SSSR count). The zero-order chi connectivity index (χ0) is 14.5. The smallest absolute Gasteiger partial charge is 0.252 e. The van der Waals surface area contributed by atoms with Crippen molar-refractivity contribution < 1.29 is 4.79 Å². The molecule has 0 aromatic heterocycles. The van der Waals surface area contributed by atoms with Gasteiger partial charge in [0.05, 0.1) is 17.2 Å². The van der Waals surface area contributed by atoms with Gasteiger partial charge in [0.2, 0.25) is 0 Å². The molecule has 0 aliphatic carbocycles. The van der Waals surface area contributed by atoms with Crippen molar-refractivity contribution >= 4 is 33.4 Å². The van der Waals surface area contributed by atoms with Crippen LogP contribution in [0.2, 0.25) is 5.02 Å². The number of nitrogens with zero attached hydrogens (tertiary/aromatic N) is 1. The van der Waals surface area contributed by atoms with Crippen molar-refractivity contribution in [2.75, 3.05) is 0 Å². The minimum atomic E-state index is -0.182. The van der Waals surface area contributed by atoms with Crippen LogP contribution < -0.4 is 5.32 Å². The molecule has 0 atom stereocenters. The minimum absolute atomic E-state index is 0.182. The van der Waals surface area contributed by atoms with Crippen molar-refractivity contribution in [3.05, 3.63) is 68.7 Å². The number of hydrogen-bond acceptors (Lipinski definition) is 2. The van der Waals surface area contributed by atoms with E-state index in [2.05, 4.69) is 27.3 Å². The average Bonchev–Trinajstić information content (AvgIpc) is 2.45. The fraction of sp³-hybridized carbons (Fsp3) is 0.0667. The Balaban J connectivity index is 2.03. The van der Waals surface area contributed by atoms with Crippen LogP contribution in [0.1, 0.15) is 21.5 Å². The second-order valence-electron chi connectivity index (χ2n) is 4.12. The van der Waals surface area contributed by atoms with E-state index in [1.165, 1.54) is 0 Å². The van der Waals surface area contributed by atoms with Gasteiger partial charge in [0, 0.05) is 16.0 Å². The Morgan fingerprint density at radius 3 is 2.55 bits per heavy atom. The lowest BCUT2D eigenvalue weighted by atomic mass is 10.1. The molecule has 100 valence electrons. The molecular formula is C15H10BrClN2O. The number of halogens is 2. The lowest BCUT2D eigenvalue weighted by Crippen LogP contribution is -2.23. The lowest BCUT2D eigenvalue weighted by molar-refractivity contribution is 0.0950. The highest BCUT2D eigenvalue weighted by Gasteiger charge is 2.09. The molecule has 0 saturated heterocycles. The van der Waals surface area contributed by atoms with E-state index in [1.54, 1.807) is 30.3 Å². The van der Waals surface area contributed by atoms with Crippen molar-refractivity contribution in [1.29, 1.82) is 5.26 Å². The first kappa shape index (κ1) is 14.6. The second-order valence-corrected chi connectivity index (χ2v) is 5.41. The summed E-state index contributed by atoms with van der Waals surface area (Å²) in [5.74, 6) is -0.182. The molecule has 0 fully saturated rings. The molecule has 1 N–H and O–H groups in total. The normalized spacial score (nSPS) is 9.85. The topological polar surface area (TPSA) is 52.9 Å². The SMILES string of the molecule is N#Cc1ccc(CNC(=O)c2ccc(Cl)cc2Br)cc1. The van der Waals surface area contributed by atoms with Crippen LogP contribution in [-0.2, 0) is 6.54 Å². The first-order chi connectivity index (χ1) is 9.60. The number of carbonyl (C=O) groups is 1. The zero-order valence-electron chi connectivity index (χ0n) is 10.4. The summed E-state index contributed by atoms with van der Waals surface area (Å²) in [7, 11) is 0. The Morgan fingerprint density at radius 1 is 1.25 bits per heavy atom. The predicted molar refractivity (Wildman–Crippen MR) is 81.5 cm³/mol. The van der Waals surface area contributed by atoms with Gasteiger partial charge >= 0.3 is 0 Å². The Hall–Kier alpha value is -1.83. The summed E-state index contributed by atoms with van der Waals surface area (Å²) in [6, 6.07) is 14.1. The fourth-order valence-corrected chi connectivity index (χ4v) is 2.51. The minimum Gasteiger partial charge on any atom is -0.348 e. The summed E-state index contributed by atoms with van der Waals surface area (Å²) < 4.78 is 0.655. The first-order valence-corrected chi connectivity index (χ1v) is 6.99. The Bertz CT molecular complexity index is 677. The second kappa shape index (κ2) is 6.56. The molecule has 2 aromatic rings. The molecule has 0 radical (unpaired) electrons. The molecule has 3 nitrogen and oxygen atoms in total. The number of rotatable bonds is 3. The maximum Gasteiger partial charge on any atom is 0.252 e. The van der Waals surface area contributed by atoms with Gasteiger partial charge in [-0.05, 0) is 51.8 Å². The van der Waals surface area contributed by atoms with Gasteiger partial charge < -0.3 is 5.32 Å². The van der Waals surface area contributed by atoms with Crippen molar-refractivity contribution in [1.82, 2.24) is 5.32 Å². The molecule has 0 aliphatic heterocycles. The molecule has 0 unspecified atom stereocenters. The number of amides is 1. The molecule has 0 saturated carbocycles. The van der Waals surface area contributed by atoms with E-state index in [-0.39, 0.29) is 5.91 Å². The average molecular weight is 350 g/mol. The molecule has 20 heavy (non-hydrogen) atoms. The maximum absolute atomic E-state index is 12.0. The van der Waals surface area contributed by atoms with Crippen LogP contribution in [0, 0.1) is 11.3 Å². The molecule has 0 heterocycles. The molecule has 2 aromatic carbocycles. The largest absolute Gasteiger partial charge is 0.348 e. The van der Waals surface area contributed by atoms with E-state index in [4.69, 9.17) is 16.9 Å². The lowest BCUT2D eigenvalue weighted by Gasteiger charge is -2.07. The van der Waals surface area contributed by atoms with Crippen molar-refractivity contribution in [3.63, 3.8) is 0 Å². The Morgan fingerprint density at radius 2 is 1.95 bits per heavy atom. The van der Waals surface area contributed by atoms with Gasteiger partial charge in [0.15, 0.2) is 0 Å². The summed E-state index contributed by atoms with van der Waals surface area (Å²) in [6.45, 7) is 0.402. The van der Waals surface area contributed by atoms with Gasteiger partial charge in [-0.1, -0.05) is 23.7 Å². The van der Waals surface area contributed by atoms with Gasteiger partial charge in [-0.25, -0.2) is 0 Å². The monoisotopic (exact) mass is 348 g/mol. The highest BCUT2D eigenvalue weighted by molar-refractivity contribution is 9.10. The van der Waals surface area contributed by atoms with Crippen LogP contribution in [0.25, 0.3) is 0 Å². The third kappa shape index (κ3) is 3.60. The van der Waals surface area contributed by atoms with Gasteiger partial charge in [0.25, 0.3) is 5.91 Å². The highest BCUT2D eigenvalue weighted by Crippen LogP contribution is 2.21. The third-order valence-electron chi connectivity index (χ3n) is 2.71. The predicted octanol–water partition coefficient (Wildman–Crippen LogP) is 3.90. The molecule has 5 heteroatoms. The molecular weight excluding hydrogens is 340 g/mol. The first-order valence-electron chi connectivity index (χ1n) is 5.82. The van der Waals surface area contributed by atoms with Crippen LogP contribution in [0.5, 0.6) is 0 Å². The van der Waals surface area contributed by atoms with Gasteiger partial charge in [-0.2, -0.15) is 5.26 Å². The standard InChI is InChI=1S/C15H10BrClN2O/c16-14-7-12(17)5-6-13(14)15(20)19-9-11-3-1-10(8-18)2-4-11/h1-7H,9H2,(H,19,20).